The molecular formula is C27H32N4O2. The van der Waals surface area contributed by atoms with Crippen molar-refractivity contribution in [3.05, 3.63) is 66.0 Å². The number of rotatable bonds is 6. The molecule has 0 radical (unpaired) electrons. The van der Waals surface area contributed by atoms with E-state index in [0.717, 1.165) is 35.3 Å². The molecule has 1 saturated carbocycles. The summed E-state index contributed by atoms with van der Waals surface area (Å²) >= 11 is 0. The van der Waals surface area contributed by atoms with Crippen molar-refractivity contribution in [3.63, 3.8) is 0 Å². The topological polar surface area (TPSA) is 58.4 Å². The van der Waals surface area contributed by atoms with Crippen LogP contribution in [0, 0.1) is 0 Å². The smallest absolute Gasteiger partial charge is 0.242 e. The number of para-hydroxylation sites is 2. The average Bonchev–Trinajstić information content (AvgIpc) is 3.41. The van der Waals surface area contributed by atoms with E-state index in [-0.39, 0.29) is 24.3 Å². The molecule has 6 heteroatoms. The lowest BCUT2D eigenvalue weighted by atomic mass is 9.94. The molecule has 1 aliphatic heterocycles. The zero-order chi connectivity index (χ0) is 22.8. The predicted molar refractivity (Wildman–Crippen MR) is 129 cm³/mol. The fraction of sp³-hybridized carbons (Fsp3) is 0.444. The predicted octanol–water partition coefficient (Wildman–Crippen LogP) is 4.34. The van der Waals surface area contributed by atoms with Gasteiger partial charge in [0.05, 0.1) is 11.0 Å². The minimum absolute atomic E-state index is 0.0269. The van der Waals surface area contributed by atoms with E-state index in [4.69, 9.17) is 4.98 Å². The van der Waals surface area contributed by atoms with Crippen LogP contribution in [0.15, 0.2) is 54.6 Å². The number of amides is 2. The maximum atomic E-state index is 13.2. The van der Waals surface area contributed by atoms with Gasteiger partial charge in [-0.3, -0.25) is 9.59 Å². The van der Waals surface area contributed by atoms with Crippen LogP contribution in [0.2, 0.25) is 0 Å². The number of likely N-dealkylation sites (tertiary alicyclic amines) is 1. The largest absolute Gasteiger partial charge is 0.340 e. The number of imidazole rings is 1. The summed E-state index contributed by atoms with van der Waals surface area (Å²) in [5, 5.41) is 0. The van der Waals surface area contributed by atoms with Crippen molar-refractivity contribution in [2.24, 2.45) is 0 Å². The van der Waals surface area contributed by atoms with Crippen molar-refractivity contribution in [1.82, 2.24) is 19.4 Å². The van der Waals surface area contributed by atoms with Gasteiger partial charge in [0.2, 0.25) is 11.8 Å². The van der Waals surface area contributed by atoms with E-state index in [1.165, 1.54) is 19.3 Å². The number of likely N-dealkylation sites (N-methyl/N-ethyl adjacent to an activating group) is 1. The van der Waals surface area contributed by atoms with Crippen LogP contribution in [0.5, 0.6) is 0 Å². The summed E-state index contributed by atoms with van der Waals surface area (Å²) in [4.78, 5) is 34.9. The summed E-state index contributed by atoms with van der Waals surface area (Å²) in [5.41, 5.74) is 2.95. The highest BCUT2D eigenvalue weighted by atomic mass is 16.2. The first-order valence-electron chi connectivity index (χ1n) is 12.1. The summed E-state index contributed by atoms with van der Waals surface area (Å²) in [6.45, 7) is 1.51. The minimum atomic E-state index is 0.0269. The monoisotopic (exact) mass is 444 g/mol. The van der Waals surface area contributed by atoms with Crippen molar-refractivity contribution < 1.29 is 9.59 Å². The highest BCUT2D eigenvalue weighted by molar-refractivity contribution is 5.83. The number of carbonyl (C=O) groups is 2. The molecule has 1 aliphatic carbocycles. The van der Waals surface area contributed by atoms with Crippen molar-refractivity contribution in [2.75, 3.05) is 13.6 Å². The molecule has 3 aromatic rings. The first-order chi connectivity index (χ1) is 16.1. The maximum Gasteiger partial charge on any atom is 0.242 e. The maximum absolute atomic E-state index is 13.2. The average molecular weight is 445 g/mol. The number of benzene rings is 2. The van der Waals surface area contributed by atoms with E-state index >= 15 is 0 Å². The van der Waals surface area contributed by atoms with Crippen LogP contribution in [-0.2, 0) is 22.7 Å². The number of hydrogen-bond donors (Lipinski definition) is 0. The molecule has 0 bridgehead atoms. The Balaban J connectivity index is 1.38. The molecule has 33 heavy (non-hydrogen) atoms. The van der Waals surface area contributed by atoms with Gasteiger partial charge in [-0.25, -0.2) is 4.98 Å². The summed E-state index contributed by atoms with van der Waals surface area (Å²) in [5.74, 6) is 1.16. The van der Waals surface area contributed by atoms with Gasteiger partial charge >= 0.3 is 0 Å². The SMILES string of the molecule is CN(Cc1ccccc1)C(=O)Cn1c(C2CC(=O)N(C3CCCCC3)C2)nc2ccccc21. The fourth-order valence-electron chi connectivity index (χ4n) is 5.42. The van der Waals surface area contributed by atoms with Gasteiger partial charge in [-0.2, -0.15) is 0 Å². The van der Waals surface area contributed by atoms with Gasteiger partial charge in [-0.1, -0.05) is 61.7 Å². The summed E-state index contributed by atoms with van der Waals surface area (Å²) in [6.07, 6.45) is 6.39. The second-order valence-electron chi connectivity index (χ2n) is 9.52. The van der Waals surface area contributed by atoms with Gasteiger partial charge in [0, 0.05) is 38.5 Å². The number of fused-ring (bicyclic) bond motifs is 1. The standard InChI is InChI=1S/C27H32N4O2/c1-29(17-20-10-4-2-5-11-20)26(33)19-31-24-15-9-8-14-23(24)28-27(31)21-16-25(32)30(18-21)22-12-6-3-7-13-22/h2,4-5,8-11,14-15,21-22H,3,6-7,12-13,16-19H2,1H3. The molecule has 1 saturated heterocycles. The molecular weight excluding hydrogens is 412 g/mol. The van der Waals surface area contributed by atoms with Crippen LogP contribution in [-0.4, -0.2) is 50.8 Å². The van der Waals surface area contributed by atoms with Crippen LogP contribution in [0.1, 0.15) is 55.8 Å². The van der Waals surface area contributed by atoms with E-state index in [0.29, 0.717) is 25.6 Å². The highest BCUT2D eigenvalue weighted by Gasteiger charge is 2.38. The third-order valence-electron chi connectivity index (χ3n) is 7.20. The lowest BCUT2D eigenvalue weighted by Crippen LogP contribution is -2.37. The second-order valence-corrected chi connectivity index (χ2v) is 9.52. The summed E-state index contributed by atoms with van der Waals surface area (Å²) < 4.78 is 2.04. The van der Waals surface area contributed by atoms with E-state index in [1.807, 2.05) is 66.2 Å². The van der Waals surface area contributed by atoms with E-state index in [1.54, 1.807) is 4.90 Å². The molecule has 1 unspecified atom stereocenters. The van der Waals surface area contributed by atoms with Crippen molar-refractivity contribution in [1.29, 1.82) is 0 Å². The Morgan fingerprint density at radius 3 is 2.55 bits per heavy atom. The molecule has 2 amide bonds. The molecule has 1 atom stereocenters. The first kappa shape index (κ1) is 21.7. The Kier molecular flexibility index (Phi) is 6.16. The number of carbonyl (C=O) groups excluding carboxylic acids is 2. The van der Waals surface area contributed by atoms with Crippen LogP contribution in [0.3, 0.4) is 0 Å². The van der Waals surface area contributed by atoms with E-state index in [9.17, 15) is 9.59 Å². The molecule has 0 N–H and O–H groups in total. The number of hydrogen-bond acceptors (Lipinski definition) is 3. The lowest BCUT2D eigenvalue weighted by molar-refractivity contribution is -0.131. The fourth-order valence-corrected chi connectivity index (χ4v) is 5.42. The van der Waals surface area contributed by atoms with Gasteiger partial charge < -0.3 is 14.4 Å². The number of nitrogens with zero attached hydrogens (tertiary/aromatic N) is 4. The van der Waals surface area contributed by atoms with Crippen LogP contribution < -0.4 is 0 Å². The van der Waals surface area contributed by atoms with Crippen LogP contribution >= 0.6 is 0 Å². The zero-order valence-corrected chi connectivity index (χ0v) is 19.3. The molecule has 6 nitrogen and oxygen atoms in total. The third-order valence-corrected chi connectivity index (χ3v) is 7.20. The lowest BCUT2D eigenvalue weighted by Gasteiger charge is -2.31. The molecule has 2 aliphatic rings. The van der Waals surface area contributed by atoms with Crippen LogP contribution in [0.4, 0.5) is 0 Å². The second kappa shape index (κ2) is 9.38. The van der Waals surface area contributed by atoms with Gasteiger partial charge in [0.1, 0.15) is 12.4 Å². The molecule has 2 aromatic carbocycles. The molecule has 1 aromatic heterocycles. The molecule has 2 fully saturated rings. The van der Waals surface area contributed by atoms with E-state index < -0.39 is 0 Å². The summed E-state index contributed by atoms with van der Waals surface area (Å²) in [7, 11) is 1.85. The summed E-state index contributed by atoms with van der Waals surface area (Å²) in [6, 6.07) is 18.4. The molecule has 172 valence electrons. The van der Waals surface area contributed by atoms with Gasteiger partial charge in [0.15, 0.2) is 0 Å². The van der Waals surface area contributed by atoms with Gasteiger partial charge in [0.25, 0.3) is 0 Å². The minimum Gasteiger partial charge on any atom is -0.340 e. The Bertz CT molecular complexity index is 1130. The van der Waals surface area contributed by atoms with Gasteiger partial charge in [-0.05, 0) is 30.5 Å². The zero-order valence-electron chi connectivity index (χ0n) is 19.3. The van der Waals surface area contributed by atoms with Crippen molar-refractivity contribution in [2.45, 2.75) is 63.6 Å². The first-order valence-corrected chi connectivity index (χ1v) is 12.1. The Hall–Kier alpha value is -3.15. The molecule has 0 spiro atoms. The normalized spacial score (nSPS) is 19.4. The quantitative estimate of drug-likeness (QED) is 0.568. The molecule has 5 rings (SSSR count). The highest BCUT2D eigenvalue weighted by Crippen LogP contribution is 2.34. The Morgan fingerprint density at radius 1 is 1.03 bits per heavy atom. The third kappa shape index (κ3) is 4.52. The van der Waals surface area contributed by atoms with E-state index in [2.05, 4.69) is 4.90 Å². The Morgan fingerprint density at radius 2 is 1.76 bits per heavy atom. The molecule has 2 heterocycles. The Labute approximate surface area is 195 Å². The van der Waals surface area contributed by atoms with Gasteiger partial charge in [-0.15, -0.1) is 0 Å². The number of aromatic nitrogens is 2. The van der Waals surface area contributed by atoms with Crippen molar-refractivity contribution >= 4 is 22.8 Å². The van der Waals surface area contributed by atoms with Crippen LogP contribution in [0.25, 0.3) is 11.0 Å². The van der Waals surface area contributed by atoms with Crippen molar-refractivity contribution in [3.8, 4) is 0 Å².